The maximum absolute atomic E-state index is 9.00. The molecule has 1 N–H and O–H groups in total. The Morgan fingerprint density at radius 1 is 1.37 bits per heavy atom. The lowest BCUT2D eigenvalue weighted by Crippen LogP contribution is -1.86. The average Bonchev–Trinajstić information content (AvgIpc) is 2.91. The van der Waals surface area contributed by atoms with E-state index in [-0.39, 0.29) is 6.61 Å². The van der Waals surface area contributed by atoms with Crippen molar-refractivity contribution in [2.24, 2.45) is 0 Å². The van der Waals surface area contributed by atoms with Crippen molar-refractivity contribution in [3.05, 3.63) is 33.6 Å². The predicted octanol–water partition coefficient (Wildman–Crippen LogP) is 3.56. The molecule has 0 spiro atoms. The van der Waals surface area contributed by atoms with Gasteiger partial charge in [0.15, 0.2) is 11.5 Å². The van der Waals surface area contributed by atoms with Gasteiger partial charge in [-0.15, -0.1) is 11.3 Å². The lowest BCUT2D eigenvalue weighted by molar-refractivity contribution is 0.300. The molecule has 1 aromatic carbocycles. The van der Waals surface area contributed by atoms with E-state index in [4.69, 9.17) is 9.52 Å². The van der Waals surface area contributed by atoms with Gasteiger partial charge in [0.05, 0.1) is 0 Å². The van der Waals surface area contributed by atoms with Gasteiger partial charge >= 0.3 is 0 Å². The Morgan fingerprint density at radius 2 is 2.21 bits per heavy atom. The second-order valence-corrected chi connectivity index (χ2v) is 5.96. The predicted molar refractivity (Wildman–Crippen MR) is 78.3 cm³/mol. The van der Waals surface area contributed by atoms with Crippen LogP contribution in [0.3, 0.4) is 0 Å². The largest absolute Gasteiger partial charge is 0.441 e. The fourth-order valence-corrected chi connectivity index (χ4v) is 3.56. The van der Waals surface area contributed by atoms with Gasteiger partial charge in [0.2, 0.25) is 0 Å². The minimum absolute atomic E-state index is 0.126. The number of aliphatic hydroxyl groups is 1. The van der Waals surface area contributed by atoms with E-state index in [1.807, 2.05) is 25.1 Å². The molecule has 19 heavy (non-hydrogen) atoms. The van der Waals surface area contributed by atoms with Gasteiger partial charge in [-0.1, -0.05) is 0 Å². The minimum Gasteiger partial charge on any atom is -0.441 e. The van der Waals surface area contributed by atoms with Gasteiger partial charge in [0.1, 0.15) is 15.1 Å². The van der Waals surface area contributed by atoms with Crippen LogP contribution in [0.15, 0.2) is 27.2 Å². The van der Waals surface area contributed by atoms with Gasteiger partial charge in [-0.25, -0.2) is 9.97 Å². The molecular weight excluding hydrogens is 328 g/mol. The molecule has 0 aliphatic rings. The first-order chi connectivity index (χ1) is 9.17. The second kappa shape index (κ2) is 5.03. The molecular formula is C13H11BrN2O2S. The molecule has 98 valence electrons. The van der Waals surface area contributed by atoms with E-state index < -0.39 is 0 Å². The molecule has 0 aliphatic carbocycles. The van der Waals surface area contributed by atoms with Crippen molar-refractivity contribution < 1.29 is 9.52 Å². The van der Waals surface area contributed by atoms with E-state index in [9.17, 15) is 0 Å². The highest BCUT2D eigenvalue weighted by Crippen LogP contribution is 2.33. The highest BCUT2D eigenvalue weighted by Gasteiger charge is 2.12. The molecule has 2 heterocycles. The Hall–Kier alpha value is -1.24. The lowest BCUT2D eigenvalue weighted by atomic mass is 10.2. The maximum Gasteiger partial charge on any atom is 0.192 e. The average molecular weight is 339 g/mol. The fourth-order valence-electron chi connectivity index (χ4n) is 1.89. The monoisotopic (exact) mass is 338 g/mol. The smallest absolute Gasteiger partial charge is 0.192 e. The number of benzene rings is 1. The van der Waals surface area contributed by atoms with E-state index in [1.54, 1.807) is 11.3 Å². The SMILES string of the molecule is Cc1nc2ccc(-c3nc(Br)c(CCO)s3)cc2o1. The molecule has 4 nitrogen and oxygen atoms in total. The van der Waals surface area contributed by atoms with Crippen LogP contribution in [0, 0.1) is 6.92 Å². The molecule has 0 amide bonds. The van der Waals surface area contributed by atoms with E-state index >= 15 is 0 Å². The lowest BCUT2D eigenvalue weighted by Gasteiger charge is -1.94. The van der Waals surface area contributed by atoms with Crippen LogP contribution >= 0.6 is 27.3 Å². The summed E-state index contributed by atoms with van der Waals surface area (Å²) in [6, 6.07) is 5.86. The van der Waals surface area contributed by atoms with Crippen molar-refractivity contribution in [3.63, 3.8) is 0 Å². The first kappa shape index (κ1) is 12.8. The van der Waals surface area contributed by atoms with Gasteiger partial charge in [0.25, 0.3) is 0 Å². The summed E-state index contributed by atoms with van der Waals surface area (Å²) in [5.41, 5.74) is 2.62. The summed E-state index contributed by atoms with van der Waals surface area (Å²) in [5, 5.41) is 9.91. The third kappa shape index (κ3) is 2.43. The highest BCUT2D eigenvalue weighted by molar-refractivity contribution is 9.10. The molecule has 2 aromatic heterocycles. The fraction of sp³-hybridized carbons (Fsp3) is 0.231. The Kier molecular flexibility index (Phi) is 3.38. The summed E-state index contributed by atoms with van der Waals surface area (Å²) < 4.78 is 6.33. The summed E-state index contributed by atoms with van der Waals surface area (Å²) >= 11 is 4.99. The number of oxazole rings is 1. The molecule has 0 atom stereocenters. The number of halogens is 1. The number of aryl methyl sites for hydroxylation is 1. The van der Waals surface area contributed by atoms with Gasteiger partial charge in [0, 0.05) is 30.4 Å². The number of aromatic nitrogens is 2. The standard InChI is InChI=1S/C13H11BrN2O2S/c1-7-15-9-3-2-8(6-10(9)18-7)13-16-12(14)11(19-13)4-5-17/h2-3,6,17H,4-5H2,1H3. The summed E-state index contributed by atoms with van der Waals surface area (Å²) in [5.74, 6) is 0.661. The number of hydrogen-bond acceptors (Lipinski definition) is 5. The topological polar surface area (TPSA) is 59.2 Å². The van der Waals surface area contributed by atoms with Crippen LogP contribution in [-0.2, 0) is 6.42 Å². The number of aliphatic hydroxyl groups excluding tert-OH is 1. The molecule has 0 bridgehead atoms. The zero-order valence-corrected chi connectivity index (χ0v) is 12.6. The van der Waals surface area contributed by atoms with E-state index in [0.717, 1.165) is 31.2 Å². The quantitative estimate of drug-likeness (QED) is 0.793. The summed E-state index contributed by atoms with van der Waals surface area (Å²) in [7, 11) is 0. The van der Waals surface area contributed by atoms with Crippen LogP contribution in [-0.4, -0.2) is 21.7 Å². The minimum atomic E-state index is 0.126. The molecule has 3 aromatic rings. The molecule has 0 radical (unpaired) electrons. The Bertz CT molecular complexity index is 735. The zero-order chi connectivity index (χ0) is 13.4. The summed E-state index contributed by atoms with van der Waals surface area (Å²) in [6.45, 7) is 1.96. The zero-order valence-electron chi connectivity index (χ0n) is 10.2. The first-order valence-electron chi connectivity index (χ1n) is 5.81. The molecule has 0 fully saturated rings. The Labute approximate surface area is 122 Å². The van der Waals surface area contributed by atoms with Gasteiger partial charge in [-0.3, -0.25) is 0 Å². The van der Waals surface area contributed by atoms with Crippen molar-refractivity contribution >= 4 is 38.4 Å². The van der Waals surface area contributed by atoms with Crippen molar-refractivity contribution in [2.45, 2.75) is 13.3 Å². The van der Waals surface area contributed by atoms with Gasteiger partial charge < -0.3 is 9.52 Å². The van der Waals surface area contributed by atoms with Crippen molar-refractivity contribution in [1.82, 2.24) is 9.97 Å². The van der Waals surface area contributed by atoms with Crippen LogP contribution in [0.2, 0.25) is 0 Å². The number of rotatable bonds is 3. The molecule has 0 saturated carbocycles. The van der Waals surface area contributed by atoms with Crippen molar-refractivity contribution in [2.75, 3.05) is 6.61 Å². The van der Waals surface area contributed by atoms with Gasteiger partial charge in [-0.05, 0) is 34.1 Å². The third-order valence-electron chi connectivity index (χ3n) is 2.73. The normalized spacial score (nSPS) is 11.3. The molecule has 0 unspecified atom stereocenters. The molecule has 0 aliphatic heterocycles. The number of thiazole rings is 1. The Balaban J connectivity index is 2.05. The summed E-state index contributed by atoms with van der Waals surface area (Å²) in [6.07, 6.45) is 0.613. The van der Waals surface area contributed by atoms with Crippen LogP contribution in [0.1, 0.15) is 10.8 Å². The van der Waals surface area contributed by atoms with Crippen LogP contribution in [0.25, 0.3) is 21.7 Å². The first-order valence-corrected chi connectivity index (χ1v) is 7.42. The summed E-state index contributed by atoms with van der Waals surface area (Å²) in [4.78, 5) is 9.80. The van der Waals surface area contributed by atoms with E-state index in [1.165, 1.54) is 0 Å². The van der Waals surface area contributed by atoms with Crippen molar-refractivity contribution in [1.29, 1.82) is 0 Å². The Morgan fingerprint density at radius 3 is 3.00 bits per heavy atom. The van der Waals surface area contributed by atoms with Crippen LogP contribution in [0.4, 0.5) is 0 Å². The maximum atomic E-state index is 9.00. The van der Waals surface area contributed by atoms with E-state index in [0.29, 0.717) is 12.3 Å². The molecule has 3 rings (SSSR count). The van der Waals surface area contributed by atoms with Gasteiger partial charge in [-0.2, -0.15) is 0 Å². The molecule has 6 heteroatoms. The second-order valence-electron chi connectivity index (χ2n) is 4.12. The van der Waals surface area contributed by atoms with Crippen molar-refractivity contribution in [3.8, 4) is 10.6 Å². The number of hydrogen-bond donors (Lipinski definition) is 1. The number of nitrogens with zero attached hydrogens (tertiary/aromatic N) is 2. The van der Waals surface area contributed by atoms with Crippen LogP contribution < -0.4 is 0 Å². The number of fused-ring (bicyclic) bond motifs is 1. The van der Waals surface area contributed by atoms with E-state index in [2.05, 4.69) is 25.9 Å². The molecule has 0 saturated heterocycles. The highest BCUT2D eigenvalue weighted by atomic mass is 79.9. The third-order valence-corrected chi connectivity index (χ3v) is 4.81. The van der Waals surface area contributed by atoms with Crippen LogP contribution in [0.5, 0.6) is 0 Å².